The molecule has 1 aliphatic carbocycles. The Labute approximate surface area is 164 Å². The molecule has 5 rings (SSSR count). The summed E-state index contributed by atoms with van der Waals surface area (Å²) >= 11 is 5.82. The van der Waals surface area contributed by atoms with Crippen molar-refractivity contribution in [2.45, 2.75) is 50.6 Å². The highest BCUT2D eigenvalue weighted by Gasteiger charge is 2.40. The van der Waals surface area contributed by atoms with E-state index in [1.165, 1.54) is 18.4 Å². The molecule has 0 unspecified atom stereocenters. The Morgan fingerprint density at radius 1 is 1.07 bits per heavy atom. The van der Waals surface area contributed by atoms with E-state index in [4.69, 9.17) is 26.8 Å². The van der Waals surface area contributed by atoms with Crippen molar-refractivity contribution in [1.29, 1.82) is 0 Å². The smallest absolute Gasteiger partial charge is 0.199 e. The minimum atomic E-state index is -0.330. The van der Waals surface area contributed by atoms with Crippen LogP contribution in [0.4, 0.5) is 0 Å². The molecule has 1 spiro atoms. The third-order valence-electron chi connectivity index (χ3n) is 5.84. The largest absolute Gasteiger partial charge is 0.347 e. The van der Waals surface area contributed by atoms with E-state index in [1.54, 1.807) is 0 Å². The molecule has 6 nitrogen and oxygen atoms in total. The summed E-state index contributed by atoms with van der Waals surface area (Å²) in [6.07, 6.45) is 4.28. The zero-order valence-corrected chi connectivity index (χ0v) is 16.4. The van der Waals surface area contributed by atoms with Crippen LogP contribution in [0.2, 0.25) is 0 Å². The highest BCUT2D eigenvalue weighted by atomic mass is 32.1. The molecular weight excluding hydrogens is 360 g/mol. The highest BCUT2D eigenvalue weighted by molar-refractivity contribution is 7.71. The second kappa shape index (κ2) is 7.13. The molecule has 3 fully saturated rings. The van der Waals surface area contributed by atoms with E-state index in [1.807, 2.05) is 4.68 Å². The van der Waals surface area contributed by atoms with Gasteiger partial charge in [0.1, 0.15) is 5.82 Å². The molecule has 0 atom stereocenters. The van der Waals surface area contributed by atoms with Crippen molar-refractivity contribution in [2.24, 2.45) is 0 Å². The summed E-state index contributed by atoms with van der Waals surface area (Å²) in [6.45, 7) is 4.89. The van der Waals surface area contributed by atoms with Gasteiger partial charge in [-0.15, -0.1) is 0 Å². The van der Waals surface area contributed by atoms with Crippen molar-refractivity contribution >= 4 is 12.2 Å². The first-order valence-electron chi connectivity index (χ1n) is 9.94. The molecule has 1 saturated carbocycles. The molecule has 0 bridgehead atoms. The van der Waals surface area contributed by atoms with E-state index in [2.05, 4.69) is 39.8 Å². The SMILES string of the molecule is S=c1n(CN2CCC3(CC2)OCCO3)nc(C2CC2)n1Cc1ccccc1. The Hall–Kier alpha value is -1.54. The van der Waals surface area contributed by atoms with Gasteiger partial charge in [0.15, 0.2) is 10.6 Å². The van der Waals surface area contributed by atoms with Gasteiger partial charge in [0.05, 0.1) is 26.4 Å². The average Bonchev–Trinajstić information content (AvgIpc) is 3.38. The molecular formula is C20H26N4O2S. The van der Waals surface area contributed by atoms with E-state index in [9.17, 15) is 0 Å². The van der Waals surface area contributed by atoms with Gasteiger partial charge in [0.2, 0.25) is 0 Å². The molecule has 3 aliphatic rings. The normalized spacial score (nSPS) is 22.5. The number of piperidine rings is 1. The van der Waals surface area contributed by atoms with Crippen molar-refractivity contribution < 1.29 is 9.47 Å². The Morgan fingerprint density at radius 3 is 2.44 bits per heavy atom. The predicted molar refractivity (Wildman–Crippen MR) is 104 cm³/mol. The third-order valence-corrected chi connectivity index (χ3v) is 6.27. The van der Waals surface area contributed by atoms with Crippen molar-refractivity contribution in [3.05, 3.63) is 46.5 Å². The number of ether oxygens (including phenoxy) is 2. The number of benzene rings is 1. The minimum absolute atomic E-state index is 0.330. The van der Waals surface area contributed by atoms with Gasteiger partial charge in [-0.2, -0.15) is 5.10 Å². The summed E-state index contributed by atoms with van der Waals surface area (Å²) in [5, 5.41) is 4.92. The lowest BCUT2D eigenvalue weighted by Gasteiger charge is -2.37. The number of hydrogen-bond acceptors (Lipinski definition) is 5. The van der Waals surface area contributed by atoms with Gasteiger partial charge >= 0.3 is 0 Å². The molecule has 3 heterocycles. The fourth-order valence-corrected chi connectivity index (χ4v) is 4.37. The molecule has 7 heteroatoms. The summed E-state index contributed by atoms with van der Waals surface area (Å²) in [5.41, 5.74) is 1.27. The van der Waals surface area contributed by atoms with E-state index in [0.29, 0.717) is 5.92 Å². The lowest BCUT2D eigenvalue weighted by molar-refractivity contribution is -0.187. The highest BCUT2D eigenvalue weighted by Crippen LogP contribution is 2.39. The van der Waals surface area contributed by atoms with Gasteiger partial charge in [-0.1, -0.05) is 30.3 Å². The summed E-state index contributed by atoms with van der Waals surface area (Å²) in [5.74, 6) is 1.39. The second-order valence-corrected chi connectivity index (χ2v) is 8.22. The zero-order valence-electron chi connectivity index (χ0n) is 15.5. The zero-order chi connectivity index (χ0) is 18.3. The Kier molecular flexibility index (Phi) is 4.63. The molecule has 27 heavy (non-hydrogen) atoms. The van der Waals surface area contributed by atoms with Gasteiger partial charge in [0.25, 0.3) is 0 Å². The number of hydrogen-bond donors (Lipinski definition) is 0. The summed E-state index contributed by atoms with van der Waals surface area (Å²) < 4.78 is 16.7. The number of rotatable bonds is 5. The third kappa shape index (κ3) is 3.61. The van der Waals surface area contributed by atoms with Crippen molar-refractivity contribution in [3.63, 3.8) is 0 Å². The van der Waals surface area contributed by atoms with Gasteiger partial charge in [-0.25, -0.2) is 4.68 Å². The fourth-order valence-electron chi connectivity index (χ4n) is 4.12. The first-order chi connectivity index (χ1) is 13.2. The Balaban J connectivity index is 1.33. The number of aromatic nitrogens is 3. The summed E-state index contributed by atoms with van der Waals surface area (Å²) in [7, 11) is 0. The lowest BCUT2D eigenvalue weighted by Crippen LogP contribution is -2.45. The van der Waals surface area contributed by atoms with Crippen LogP contribution in [0.5, 0.6) is 0 Å². The molecule has 1 aromatic heterocycles. The summed E-state index contributed by atoms with van der Waals surface area (Å²) in [4.78, 5) is 2.41. The molecule has 0 N–H and O–H groups in total. The van der Waals surface area contributed by atoms with Crippen molar-refractivity contribution in [1.82, 2.24) is 19.2 Å². The standard InChI is InChI=1S/C20H26N4O2S/c27-19-23(14-16-4-2-1-3-5-16)18(17-6-7-17)21-24(19)15-22-10-8-20(9-11-22)25-12-13-26-20/h1-5,17H,6-15H2. The van der Waals surface area contributed by atoms with Gasteiger partial charge in [-0.05, 0) is 30.6 Å². The maximum absolute atomic E-state index is 5.84. The van der Waals surface area contributed by atoms with Crippen LogP contribution in [-0.4, -0.2) is 51.3 Å². The molecule has 0 amide bonds. The van der Waals surface area contributed by atoms with Crippen LogP contribution in [-0.2, 0) is 22.7 Å². The van der Waals surface area contributed by atoms with Crippen LogP contribution < -0.4 is 0 Å². The Bertz CT molecular complexity index is 843. The maximum Gasteiger partial charge on any atom is 0.199 e. The Morgan fingerprint density at radius 2 is 1.78 bits per heavy atom. The molecule has 1 aromatic carbocycles. The van der Waals surface area contributed by atoms with E-state index in [-0.39, 0.29) is 5.79 Å². The van der Waals surface area contributed by atoms with Gasteiger partial charge < -0.3 is 9.47 Å². The number of likely N-dealkylation sites (tertiary alicyclic amines) is 1. The first kappa shape index (κ1) is 17.6. The average molecular weight is 387 g/mol. The topological polar surface area (TPSA) is 44.4 Å². The van der Waals surface area contributed by atoms with E-state index >= 15 is 0 Å². The van der Waals surface area contributed by atoms with E-state index in [0.717, 1.165) is 63.0 Å². The summed E-state index contributed by atoms with van der Waals surface area (Å²) in [6, 6.07) is 10.5. The second-order valence-electron chi connectivity index (χ2n) is 7.85. The van der Waals surface area contributed by atoms with Crippen LogP contribution in [0, 0.1) is 4.77 Å². The van der Waals surface area contributed by atoms with Crippen LogP contribution in [0.15, 0.2) is 30.3 Å². The maximum atomic E-state index is 5.84. The first-order valence-corrected chi connectivity index (χ1v) is 10.4. The van der Waals surface area contributed by atoms with Crippen molar-refractivity contribution in [3.8, 4) is 0 Å². The number of nitrogens with zero attached hydrogens (tertiary/aromatic N) is 4. The van der Waals surface area contributed by atoms with Crippen LogP contribution >= 0.6 is 12.2 Å². The fraction of sp³-hybridized carbons (Fsp3) is 0.600. The molecule has 0 radical (unpaired) electrons. The quantitative estimate of drug-likeness (QED) is 0.739. The minimum Gasteiger partial charge on any atom is -0.347 e. The molecule has 2 aromatic rings. The van der Waals surface area contributed by atoms with Gasteiger partial charge in [-0.3, -0.25) is 9.47 Å². The predicted octanol–water partition coefficient (Wildman–Crippen LogP) is 3.14. The van der Waals surface area contributed by atoms with Crippen LogP contribution in [0.1, 0.15) is 43.0 Å². The van der Waals surface area contributed by atoms with Crippen LogP contribution in [0.25, 0.3) is 0 Å². The molecule has 2 aliphatic heterocycles. The molecule has 144 valence electrons. The monoisotopic (exact) mass is 386 g/mol. The van der Waals surface area contributed by atoms with Crippen LogP contribution in [0.3, 0.4) is 0 Å². The van der Waals surface area contributed by atoms with E-state index < -0.39 is 0 Å². The van der Waals surface area contributed by atoms with Crippen molar-refractivity contribution in [2.75, 3.05) is 26.3 Å². The molecule has 2 saturated heterocycles. The lowest BCUT2D eigenvalue weighted by atomic mass is 10.0. The van der Waals surface area contributed by atoms with Gasteiger partial charge in [0, 0.05) is 31.8 Å².